The van der Waals surface area contributed by atoms with E-state index >= 15 is 0 Å². The van der Waals surface area contributed by atoms with E-state index in [1.165, 1.54) is 12.1 Å². The summed E-state index contributed by atoms with van der Waals surface area (Å²) in [6.45, 7) is 0.167. The Bertz CT molecular complexity index is 716. The Morgan fingerprint density at radius 3 is 2.55 bits per heavy atom. The van der Waals surface area contributed by atoms with Gasteiger partial charge in [0.25, 0.3) is 5.91 Å². The van der Waals surface area contributed by atoms with E-state index in [2.05, 4.69) is 22.6 Å². The highest BCUT2D eigenvalue weighted by Crippen LogP contribution is 2.31. The average Bonchev–Trinajstić information content (AvgIpc) is 3.31. The SMILES string of the molecule is O=C(c1ccccc1I)N(Cc1ccc(F)cc1F)C1CC1. The molecule has 2 nitrogen and oxygen atoms in total. The summed E-state index contributed by atoms with van der Waals surface area (Å²) in [4.78, 5) is 14.4. The first-order valence-electron chi connectivity index (χ1n) is 7.05. The number of carbonyl (C=O) groups is 1. The minimum Gasteiger partial charge on any atom is -0.331 e. The van der Waals surface area contributed by atoms with Crippen LogP contribution in [0.25, 0.3) is 0 Å². The Morgan fingerprint density at radius 2 is 1.91 bits per heavy atom. The van der Waals surface area contributed by atoms with E-state index in [4.69, 9.17) is 0 Å². The summed E-state index contributed by atoms with van der Waals surface area (Å²) in [5.41, 5.74) is 0.963. The zero-order chi connectivity index (χ0) is 15.7. The van der Waals surface area contributed by atoms with Crippen molar-refractivity contribution in [2.45, 2.75) is 25.4 Å². The van der Waals surface area contributed by atoms with Gasteiger partial charge in [0.05, 0.1) is 5.56 Å². The number of hydrogen-bond acceptors (Lipinski definition) is 1. The molecule has 114 valence electrons. The van der Waals surface area contributed by atoms with E-state index in [0.29, 0.717) is 11.1 Å². The topological polar surface area (TPSA) is 20.3 Å². The highest BCUT2D eigenvalue weighted by molar-refractivity contribution is 14.1. The molecular formula is C17H14F2INO. The number of hydrogen-bond donors (Lipinski definition) is 0. The molecule has 1 aliphatic carbocycles. The van der Waals surface area contributed by atoms with Gasteiger partial charge in [-0.15, -0.1) is 0 Å². The zero-order valence-electron chi connectivity index (χ0n) is 11.7. The molecule has 2 aromatic carbocycles. The molecule has 0 bridgehead atoms. The van der Waals surface area contributed by atoms with E-state index in [-0.39, 0.29) is 18.5 Å². The molecule has 0 atom stereocenters. The molecule has 1 fully saturated rings. The van der Waals surface area contributed by atoms with Gasteiger partial charge in [-0.2, -0.15) is 0 Å². The first kappa shape index (κ1) is 15.4. The molecule has 0 saturated heterocycles. The largest absolute Gasteiger partial charge is 0.331 e. The Morgan fingerprint density at radius 1 is 1.18 bits per heavy atom. The van der Waals surface area contributed by atoms with Crippen LogP contribution in [0.3, 0.4) is 0 Å². The molecule has 0 aliphatic heterocycles. The molecule has 1 aliphatic rings. The second-order valence-electron chi connectivity index (χ2n) is 5.38. The number of amides is 1. The van der Waals surface area contributed by atoms with Crippen LogP contribution in [-0.4, -0.2) is 16.8 Å². The molecule has 0 spiro atoms. The lowest BCUT2D eigenvalue weighted by Crippen LogP contribution is -2.33. The molecule has 0 radical (unpaired) electrons. The van der Waals surface area contributed by atoms with Crippen LogP contribution < -0.4 is 0 Å². The van der Waals surface area contributed by atoms with E-state index in [9.17, 15) is 13.6 Å². The number of halogens is 3. The van der Waals surface area contributed by atoms with Crippen molar-refractivity contribution in [3.05, 3.63) is 68.8 Å². The van der Waals surface area contributed by atoms with Crippen molar-refractivity contribution in [2.75, 3.05) is 0 Å². The third-order valence-corrected chi connectivity index (χ3v) is 4.65. The van der Waals surface area contributed by atoms with Crippen LogP contribution in [0.1, 0.15) is 28.8 Å². The van der Waals surface area contributed by atoms with Crippen LogP contribution in [0.5, 0.6) is 0 Å². The van der Waals surface area contributed by atoms with Crippen LogP contribution in [0.4, 0.5) is 8.78 Å². The van der Waals surface area contributed by atoms with Gasteiger partial charge < -0.3 is 4.90 Å². The molecule has 0 heterocycles. The van der Waals surface area contributed by atoms with Gasteiger partial charge in [-0.3, -0.25) is 4.79 Å². The molecule has 0 unspecified atom stereocenters. The molecule has 1 amide bonds. The van der Waals surface area contributed by atoms with E-state index in [1.807, 2.05) is 18.2 Å². The van der Waals surface area contributed by atoms with Gasteiger partial charge in [0.1, 0.15) is 11.6 Å². The molecule has 0 N–H and O–H groups in total. The number of carbonyl (C=O) groups excluding carboxylic acids is 1. The number of benzene rings is 2. The van der Waals surface area contributed by atoms with E-state index in [1.54, 1.807) is 11.0 Å². The maximum atomic E-state index is 13.9. The summed E-state index contributed by atoms with van der Waals surface area (Å²) < 4.78 is 27.7. The van der Waals surface area contributed by atoms with Crippen molar-refractivity contribution in [1.29, 1.82) is 0 Å². The third kappa shape index (κ3) is 3.29. The van der Waals surface area contributed by atoms with Crippen molar-refractivity contribution in [2.24, 2.45) is 0 Å². The Kier molecular flexibility index (Phi) is 4.42. The number of nitrogens with zero attached hydrogens (tertiary/aromatic N) is 1. The van der Waals surface area contributed by atoms with Crippen LogP contribution in [0.2, 0.25) is 0 Å². The van der Waals surface area contributed by atoms with Crippen molar-refractivity contribution in [3.8, 4) is 0 Å². The monoisotopic (exact) mass is 413 g/mol. The molecule has 5 heteroatoms. The summed E-state index contributed by atoms with van der Waals surface area (Å²) in [5.74, 6) is -1.32. The summed E-state index contributed by atoms with van der Waals surface area (Å²) >= 11 is 2.12. The van der Waals surface area contributed by atoms with Crippen molar-refractivity contribution in [1.82, 2.24) is 4.90 Å². The lowest BCUT2D eigenvalue weighted by atomic mass is 10.1. The van der Waals surface area contributed by atoms with Crippen LogP contribution in [0.15, 0.2) is 42.5 Å². The minimum atomic E-state index is -0.610. The van der Waals surface area contributed by atoms with E-state index < -0.39 is 11.6 Å². The maximum Gasteiger partial charge on any atom is 0.255 e. The fourth-order valence-electron chi connectivity index (χ4n) is 2.38. The molecule has 3 rings (SSSR count). The summed E-state index contributed by atoms with van der Waals surface area (Å²) in [6.07, 6.45) is 1.86. The Hall–Kier alpha value is -1.50. The third-order valence-electron chi connectivity index (χ3n) is 3.71. The smallest absolute Gasteiger partial charge is 0.255 e. The lowest BCUT2D eigenvalue weighted by molar-refractivity contribution is 0.0727. The normalized spacial score (nSPS) is 14.0. The minimum absolute atomic E-state index is 0.101. The second kappa shape index (κ2) is 6.32. The van der Waals surface area contributed by atoms with Crippen molar-refractivity contribution < 1.29 is 13.6 Å². The molecular weight excluding hydrogens is 399 g/mol. The van der Waals surface area contributed by atoms with Gasteiger partial charge >= 0.3 is 0 Å². The van der Waals surface area contributed by atoms with Gasteiger partial charge in [-0.25, -0.2) is 8.78 Å². The predicted molar refractivity (Wildman–Crippen MR) is 88.4 cm³/mol. The van der Waals surface area contributed by atoms with Gasteiger partial charge in [0.15, 0.2) is 0 Å². The zero-order valence-corrected chi connectivity index (χ0v) is 13.9. The number of rotatable bonds is 4. The van der Waals surface area contributed by atoms with Gasteiger partial charge in [-0.05, 0) is 53.6 Å². The highest BCUT2D eigenvalue weighted by atomic mass is 127. The Labute approximate surface area is 141 Å². The fraction of sp³-hybridized carbons (Fsp3) is 0.235. The highest BCUT2D eigenvalue weighted by Gasteiger charge is 2.34. The summed E-state index contributed by atoms with van der Waals surface area (Å²) in [7, 11) is 0. The molecule has 0 aromatic heterocycles. The van der Waals surface area contributed by atoms with E-state index in [0.717, 1.165) is 22.5 Å². The van der Waals surface area contributed by atoms with Crippen LogP contribution in [-0.2, 0) is 6.54 Å². The van der Waals surface area contributed by atoms with Gasteiger partial charge in [-0.1, -0.05) is 18.2 Å². The Balaban J connectivity index is 1.87. The maximum absolute atomic E-state index is 13.9. The van der Waals surface area contributed by atoms with Crippen LogP contribution in [0, 0.1) is 15.2 Å². The van der Waals surface area contributed by atoms with Crippen molar-refractivity contribution in [3.63, 3.8) is 0 Å². The van der Waals surface area contributed by atoms with Crippen molar-refractivity contribution >= 4 is 28.5 Å². The summed E-state index contributed by atoms with van der Waals surface area (Å²) in [5, 5.41) is 0. The quantitative estimate of drug-likeness (QED) is 0.682. The molecule has 1 saturated carbocycles. The standard InChI is InChI=1S/C17H14F2INO/c18-12-6-5-11(15(19)9-12)10-21(13-7-8-13)17(22)14-3-1-2-4-16(14)20/h1-6,9,13H,7-8,10H2. The first-order valence-corrected chi connectivity index (χ1v) is 8.13. The predicted octanol–water partition coefficient (Wildman–Crippen LogP) is 4.37. The lowest BCUT2D eigenvalue weighted by Gasteiger charge is -2.23. The summed E-state index contributed by atoms with van der Waals surface area (Å²) in [6, 6.07) is 11.0. The fourth-order valence-corrected chi connectivity index (χ4v) is 2.99. The average molecular weight is 413 g/mol. The van der Waals surface area contributed by atoms with Gasteiger partial charge in [0, 0.05) is 27.8 Å². The first-order chi connectivity index (χ1) is 10.6. The molecule has 2 aromatic rings. The second-order valence-corrected chi connectivity index (χ2v) is 6.54. The molecule has 22 heavy (non-hydrogen) atoms. The van der Waals surface area contributed by atoms with Crippen LogP contribution >= 0.6 is 22.6 Å². The van der Waals surface area contributed by atoms with Gasteiger partial charge in [0.2, 0.25) is 0 Å².